The first kappa shape index (κ1) is 19.7. The van der Waals surface area contributed by atoms with Gasteiger partial charge in [0.05, 0.1) is 27.4 Å². The predicted molar refractivity (Wildman–Crippen MR) is 115 cm³/mol. The minimum Gasteiger partial charge on any atom is -0.322 e. The molecule has 0 atom stereocenters. The molecule has 0 bridgehead atoms. The van der Waals surface area contributed by atoms with Gasteiger partial charge in [-0.3, -0.25) is 14.2 Å². The summed E-state index contributed by atoms with van der Waals surface area (Å²) in [4.78, 5) is 31.9. The van der Waals surface area contributed by atoms with Crippen molar-refractivity contribution in [2.75, 3.05) is 5.32 Å². The maximum atomic E-state index is 13.0. The summed E-state index contributed by atoms with van der Waals surface area (Å²) in [5.74, 6) is -0.421. The van der Waals surface area contributed by atoms with Gasteiger partial charge in [-0.05, 0) is 43.4 Å². The fourth-order valence-electron chi connectivity index (χ4n) is 3.47. The Kier molecular flexibility index (Phi) is 5.65. The lowest BCUT2D eigenvalue weighted by molar-refractivity contribution is -0.116. The molecular formula is C19H16Cl3N3O2S. The average molecular weight is 457 g/mol. The van der Waals surface area contributed by atoms with Crippen LogP contribution in [0.4, 0.5) is 5.69 Å². The predicted octanol–water partition coefficient (Wildman–Crippen LogP) is 5.33. The molecule has 0 radical (unpaired) electrons. The number of rotatable bonds is 3. The Balaban J connectivity index is 1.63. The number of anilines is 1. The molecule has 0 spiro atoms. The van der Waals surface area contributed by atoms with Crippen LogP contribution in [0.2, 0.25) is 15.1 Å². The normalized spacial score (nSPS) is 14.0. The first-order valence-electron chi connectivity index (χ1n) is 8.88. The highest BCUT2D eigenvalue weighted by atomic mass is 35.5. The molecule has 2 aromatic heterocycles. The van der Waals surface area contributed by atoms with E-state index in [2.05, 4.69) is 10.3 Å². The highest BCUT2D eigenvalue weighted by Crippen LogP contribution is 2.34. The summed E-state index contributed by atoms with van der Waals surface area (Å²) in [5, 5.41) is 4.14. The largest absolute Gasteiger partial charge is 0.322 e. The topological polar surface area (TPSA) is 64.0 Å². The number of nitrogens with one attached hydrogen (secondary N) is 1. The van der Waals surface area contributed by atoms with Crippen molar-refractivity contribution in [2.45, 2.75) is 38.6 Å². The number of fused-ring (bicyclic) bond motifs is 3. The second kappa shape index (κ2) is 8.03. The van der Waals surface area contributed by atoms with E-state index in [1.165, 1.54) is 34.3 Å². The van der Waals surface area contributed by atoms with Crippen molar-refractivity contribution in [1.82, 2.24) is 9.55 Å². The van der Waals surface area contributed by atoms with E-state index in [1.807, 2.05) is 0 Å². The molecule has 28 heavy (non-hydrogen) atoms. The highest BCUT2D eigenvalue weighted by Gasteiger charge is 2.20. The van der Waals surface area contributed by atoms with Crippen molar-refractivity contribution in [3.05, 3.63) is 54.3 Å². The van der Waals surface area contributed by atoms with Crippen LogP contribution < -0.4 is 10.9 Å². The SMILES string of the molecule is O=C(Cn1cnc2sc3c(c2c1=O)CCCCC3)Nc1c(Cl)cc(Cl)cc1Cl. The van der Waals surface area contributed by atoms with Crippen LogP contribution >= 0.6 is 46.1 Å². The number of benzene rings is 1. The zero-order chi connectivity index (χ0) is 19.8. The molecule has 146 valence electrons. The maximum absolute atomic E-state index is 13.0. The molecule has 1 aliphatic carbocycles. The van der Waals surface area contributed by atoms with Gasteiger partial charge in [-0.1, -0.05) is 41.2 Å². The van der Waals surface area contributed by atoms with Gasteiger partial charge in [0.25, 0.3) is 5.56 Å². The molecule has 1 amide bonds. The van der Waals surface area contributed by atoms with Gasteiger partial charge < -0.3 is 5.32 Å². The molecule has 2 heterocycles. The number of hydrogen-bond acceptors (Lipinski definition) is 4. The number of amides is 1. The third-order valence-corrected chi connectivity index (χ3v) is 6.79. The molecule has 9 heteroatoms. The van der Waals surface area contributed by atoms with Crippen molar-refractivity contribution in [1.29, 1.82) is 0 Å². The van der Waals surface area contributed by atoms with Gasteiger partial charge in [0.15, 0.2) is 0 Å². The Bertz CT molecular complexity index is 1120. The Morgan fingerprint density at radius 3 is 2.61 bits per heavy atom. The first-order chi connectivity index (χ1) is 13.4. The van der Waals surface area contributed by atoms with Crippen molar-refractivity contribution in [3.8, 4) is 0 Å². The fourth-order valence-corrected chi connectivity index (χ4v) is 5.60. The van der Waals surface area contributed by atoms with E-state index in [0.29, 0.717) is 10.4 Å². The molecule has 0 saturated heterocycles. The number of halogens is 3. The quantitative estimate of drug-likeness (QED) is 0.542. The van der Waals surface area contributed by atoms with Gasteiger partial charge >= 0.3 is 0 Å². The summed E-state index contributed by atoms with van der Waals surface area (Å²) in [5.41, 5.74) is 1.19. The first-order valence-corrected chi connectivity index (χ1v) is 10.8. The van der Waals surface area contributed by atoms with Gasteiger partial charge in [-0.15, -0.1) is 11.3 Å². The Morgan fingerprint density at radius 2 is 1.86 bits per heavy atom. The van der Waals surface area contributed by atoms with Crippen molar-refractivity contribution < 1.29 is 4.79 Å². The van der Waals surface area contributed by atoms with Gasteiger partial charge in [-0.25, -0.2) is 4.98 Å². The molecule has 4 rings (SSSR count). The highest BCUT2D eigenvalue weighted by molar-refractivity contribution is 7.18. The van der Waals surface area contributed by atoms with E-state index in [-0.39, 0.29) is 27.8 Å². The fraction of sp³-hybridized carbons (Fsp3) is 0.316. The monoisotopic (exact) mass is 455 g/mol. The van der Waals surface area contributed by atoms with Crippen LogP contribution in [0.1, 0.15) is 29.7 Å². The number of aromatic nitrogens is 2. The van der Waals surface area contributed by atoms with Gasteiger partial charge in [-0.2, -0.15) is 0 Å². The van der Waals surface area contributed by atoms with Crippen LogP contribution in [0.5, 0.6) is 0 Å². The third-order valence-electron chi connectivity index (χ3n) is 4.78. The number of carbonyl (C=O) groups excluding carboxylic acids is 1. The van der Waals surface area contributed by atoms with Gasteiger partial charge in [0.2, 0.25) is 5.91 Å². The second-order valence-electron chi connectivity index (χ2n) is 6.71. The zero-order valence-electron chi connectivity index (χ0n) is 14.7. The third kappa shape index (κ3) is 3.79. The van der Waals surface area contributed by atoms with E-state index in [9.17, 15) is 9.59 Å². The molecule has 1 aromatic carbocycles. The van der Waals surface area contributed by atoms with Crippen LogP contribution in [0.25, 0.3) is 10.2 Å². The standard InChI is InChI=1S/C19H16Cl3N3O2S/c20-10-6-12(21)17(13(22)7-10)24-15(26)8-25-9-23-18-16(19(25)27)11-4-2-1-3-5-14(11)28-18/h6-7,9H,1-5,8H2,(H,24,26). The number of aryl methyl sites for hydroxylation is 2. The Hall–Kier alpha value is -1.60. The van der Waals surface area contributed by atoms with Crippen molar-refractivity contribution in [3.63, 3.8) is 0 Å². The lowest BCUT2D eigenvalue weighted by Crippen LogP contribution is -2.28. The average Bonchev–Trinajstić information content (AvgIpc) is 2.83. The molecule has 0 fully saturated rings. The van der Waals surface area contributed by atoms with Crippen LogP contribution in [0.3, 0.4) is 0 Å². The van der Waals surface area contributed by atoms with E-state index < -0.39 is 5.91 Å². The lowest BCUT2D eigenvalue weighted by Gasteiger charge is -2.11. The Labute approximate surface area is 180 Å². The van der Waals surface area contributed by atoms with Crippen LogP contribution in [0.15, 0.2) is 23.3 Å². The van der Waals surface area contributed by atoms with Crippen molar-refractivity contribution in [2.24, 2.45) is 0 Å². The summed E-state index contributed by atoms with van der Waals surface area (Å²) < 4.78 is 1.33. The summed E-state index contributed by atoms with van der Waals surface area (Å²) in [6, 6.07) is 2.98. The van der Waals surface area contributed by atoms with Crippen LogP contribution in [-0.2, 0) is 24.2 Å². The summed E-state index contributed by atoms with van der Waals surface area (Å²) in [6.07, 6.45) is 6.68. The molecule has 5 nitrogen and oxygen atoms in total. The second-order valence-corrected chi connectivity index (χ2v) is 9.05. The molecule has 0 aliphatic heterocycles. The molecule has 3 aromatic rings. The van der Waals surface area contributed by atoms with E-state index in [1.54, 1.807) is 11.3 Å². The number of nitrogens with zero attached hydrogens (tertiary/aromatic N) is 2. The molecule has 1 N–H and O–H groups in total. The van der Waals surface area contributed by atoms with E-state index in [0.717, 1.165) is 36.1 Å². The van der Waals surface area contributed by atoms with E-state index in [4.69, 9.17) is 34.8 Å². The number of carbonyl (C=O) groups is 1. The molecule has 0 unspecified atom stereocenters. The molecular weight excluding hydrogens is 441 g/mol. The van der Waals surface area contributed by atoms with Crippen LogP contribution in [0, 0.1) is 0 Å². The minimum absolute atomic E-state index is 0.179. The smallest absolute Gasteiger partial charge is 0.262 e. The maximum Gasteiger partial charge on any atom is 0.262 e. The molecule has 0 saturated carbocycles. The van der Waals surface area contributed by atoms with E-state index >= 15 is 0 Å². The summed E-state index contributed by atoms with van der Waals surface area (Å²) >= 11 is 19.7. The van der Waals surface area contributed by atoms with Gasteiger partial charge in [0.1, 0.15) is 11.4 Å². The number of hydrogen-bond donors (Lipinski definition) is 1. The number of thiophene rings is 1. The summed E-state index contributed by atoms with van der Waals surface area (Å²) in [6.45, 7) is -0.179. The van der Waals surface area contributed by atoms with Crippen molar-refractivity contribution >= 4 is 68.0 Å². The van der Waals surface area contributed by atoms with Gasteiger partial charge in [0, 0.05) is 9.90 Å². The summed E-state index contributed by atoms with van der Waals surface area (Å²) in [7, 11) is 0. The lowest BCUT2D eigenvalue weighted by atomic mass is 10.1. The zero-order valence-corrected chi connectivity index (χ0v) is 17.8. The minimum atomic E-state index is -0.421. The Morgan fingerprint density at radius 1 is 1.14 bits per heavy atom. The molecule has 1 aliphatic rings. The van der Waals surface area contributed by atoms with Crippen LogP contribution in [-0.4, -0.2) is 15.5 Å².